The van der Waals surface area contributed by atoms with Gasteiger partial charge < -0.3 is 15.1 Å². The highest BCUT2D eigenvalue weighted by molar-refractivity contribution is 5.53. The minimum atomic E-state index is 0.673. The number of nitrogens with one attached hydrogen (secondary N) is 2. The molecule has 90 valence electrons. The Labute approximate surface area is 101 Å². The quantitative estimate of drug-likeness (QED) is 0.802. The Balaban J connectivity index is 1.91. The monoisotopic (exact) mass is 231 g/mol. The van der Waals surface area contributed by atoms with Gasteiger partial charge in [-0.3, -0.25) is 4.98 Å². The van der Waals surface area contributed by atoms with Gasteiger partial charge in [0.25, 0.3) is 0 Å². The van der Waals surface area contributed by atoms with Gasteiger partial charge in [0, 0.05) is 6.54 Å². The standard InChI is InChI=1S/C13H17N3O/c1-2-5-15-11-7-12(9-14-8-11)16-10-13-4-3-6-17-13/h3-4,6-9,15-16H,2,5,10H2,1H3. The highest BCUT2D eigenvalue weighted by atomic mass is 16.3. The molecule has 0 saturated carbocycles. The molecular formula is C13H17N3O. The molecule has 4 heteroatoms. The van der Waals surface area contributed by atoms with E-state index in [4.69, 9.17) is 4.42 Å². The van der Waals surface area contributed by atoms with Gasteiger partial charge in [0.05, 0.1) is 36.6 Å². The molecule has 2 heterocycles. The van der Waals surface area contributed by atoms with Gasteiger partial charge in [-0.15, -0.1) is 0 Å². The van der Waals surface area contributed by atoms with Gasteiger partial charge in [0.2, 0.25) is 0 Å². The summed E-state index contributed by atoms with van der Waals surface area (Å²) in [6.07, 6.45) is 6.41. The summed E-state index contributed by atoms with van der Waals surface area (Å²) in [7, 11) is 0. The Morgan fingerprint density at radius 1 is 1.24 bits per heavy atom. The van der Waals surface area contributed by atoms with Crippen LogP contribution < -0.4 is 10.6 Å². The maximum atomic E-state index is 5.25. The van der Waals surface area contributed by atoms with E-state index < -0.39 is 0 Å². The largest absolute Gasteiger partial charge is 0.467 e. The van der Waals surface area contributed by atoms with Gasteiger partial charge in [0.1, 0.15) is 5.76 Å². The summed E-state index contributed by atoms with van der Waals surface area (Å²) < 4.78 is 5.25. The molecule has 0 aliphatic rings. The molecule has 2 aromatic rings. The summed E-state index contributed by atoms with van der Waals surface area (Å²) in [6, 6.07) is 5.87. The Hall–Kier alpha value is -1.97. The number of hydrogen-bond acceptors (Lipinski definition) is 4. The number of furan rings is 1. The molecule has 0 aliphatic carbocycles. The molecule has 0 fully saturated rings. The summed E-state index contributed by atoms with van der Waals surface area (Å²) in [5, 5.41) is 6.57. The number of aromatic nitrogens is 1. The molecule has 0 saturated heterocycles. The van der Waals surface area contributed by atoms with E-state index >= 15 is 0 Å². The van der Waals surface area contributed by atoms with Gasteiger partial charge in [0.15, 0.2) is 0 Å². The molecule has 4 nitrogen and oxygen atoms in total. The van der Waals surface area contributed by atoms with E-state index in [2.05, 4.69) is 22.5 Å². The number of anilines is 2. The Morgan fingerprint density at radius 2 is 2.06 bits per heavy atom. The third kappa shape index (κ3) is 3.52. The Morgan fingerprint density at radius 3 is 2.76 bits per heavy atom. The summed E-state index contributed by atoms with van der Waals surface area (Å²) in [6.45, 7) is 3.77. The summed E-state index contributed by atoms with van der Waals surface area (Å²) in [4.78, 5) is 4.18. The van der Waals surface area contributed by atoms with Crippen molar-refractivity contribution in [3.05, 3.63) is 42.6 Å². The lowest BCUT2D eigenvalue weighted by Crippen LogP contribution is -2.02. The highest BCUT2D eigenvalue weighted by Gasteiger charge is 1.98. The minimum absolute atomic E-state index is 0.673. The van der Waals surface area contributed by atoms with Crippen LogP contribution in [-0.2, 0) is 6.54 Å². The lowest BCUT2D eigenvalue weighted by atomic mass is 10.3. The van der Waals surface area contributed by atoms with E-state index in [-0.39, 0.29) is 0 Å². The third-order valence-electron chi connectivity index (χ3n) is 2.36. The smallest absolute Gasteiger partial charge is 0.122 e. The lowest BCUT2D eigenvalue weighted by Gasteiger charge is -2.07. The van der Waals surface area contributed by atoms with Crippen LogP contribution in [0.3, 0.4) is 0 Å². The first-order valence-corrected chi connectivity index (χ1v) is 5.83. The van der Waals surface area contributed by atoms with Crippen molar-refractivity contribution in [3.63, 3.8) is 0 Å². The van der Waals surface area contributed by atoms with Crippen molar-refractivity contribution < 1.29 is 4.42 Å². The van der Waals surface area contributed by atoms with Gasteiger partial charge in [-0.25, -0.2) is 0 Å². The van der Waals surface area contributed by atoms with Gasteiger partial charge in [-0.05, 0) is 24.6 Å². The number of nitrogens with zero attached hydrogens (tertiary/aromatic N) is 1. The van der Waals surface area contributed by atoms with Gasteiger partial charge in [-0.2, -0.15) is 0 Å². The van der Waals surface area contributed by atoms with Crippen LogP contribution in [0.5, 0.6) is 0 Å². The molecule has 0 bridgehead atoms. The van der Waals surface area contributed by atoms with Crippen molar-refractivity contribution in [3.8, 4) is 0 Å². The van der Waals surface area contributed by atoms with E-state index in [0.717, 1.165) is 30.1 Å². The maximum Gasteiger partial charge on any atom is 0.122 e. The van der Waals surface area contributed by atoms with Crippen LogP contribution in [0.1, 0.15) is 19.1 Å². The van der Waals surface area contributed by atoms with Crippen LogP contribution in [0.15, 0.2) is 41.3 Å². The van der Waals surface area contributed by atoms with Crippen molar-refractivity contribution in [1.29, 1.82) is 0 Å². The molecule has 17 heavy (non-hydrogen) atoms. The van der Waals surface area contributed by atoms with E-state index in [0.29, 0.717) is 6.54 Å². The average molecular weight is 231 g/mol. The Bertz CT molecular complexity index is 440. The SMILES string of the molecule is CCCNc1cncc(NCc2ccco2)c1. The molecular weight excluding hydrogens is 214 g/mol. The normalized spacial score (nSPS) is 10.2. The summed E-state index contributed by atoms with van der Waals surface area (Å²) in [5.74, 6) is 0.914. The van der Waals surface area contributed by atoms with Crippen molar-refractivity contribution in [2.24, 2.45) is 0 Å². The molecule has 0 aromatic carbocycles. The number of rotatable bonds is 6. The zero-order chi connectivity index (χ0) is 11.9. The number of hydrogen-bond donors (Lipinski definition) is 2. The summed E-state index contributed by atoms with van der Waals surface area (Å²) in [5.41, 5.74) is 2.03. The lowest BCUT2D eigenvalue weighted by molar-refractivity contribution is 0.518. The Kier molecular flexibility index (Phi) is 4.02. The van der Waals surface area contributed by atoms with Crippen LogP contribution in [-0.4, -0.2) is 11.5 Å². The predicted molar refractivity (Wildman–Crippen MR) is 69.1 cm³/mol. The predicted octanol–water partition coefficient (Wildman–Crippen LogP) is 3.11. The van der Waals surface area contributed by atoms with E-state index in [9.17, 15) is 0 Å². The zero-order valence-corrected chi connectivity index (χ0v) is 9.94. The van der Waals surface area contributed by atoms with Crippen LogP contribution in [0, 0.1) is 0 Å². The van der Waals surface area contributed by atoms with Crippen molar-refractivity contribution >= 4 is 11.4 Å². The van der Waals surface area contributed by atoms with E-state index in [1.165, 1.54) is 0 Å². The second-order valence-corrected chi connectivity index (χ2v) is 3.82. The summed E-state index contributed by atoms with van der Waals surface area (Å²) >= 11 is 0. The van der Waals surface area contributed by atoms with Gasteiger partial charge in [-0.1, -0.05) is 6.92 Å². The fraction of sp³-hybridized carbons (Fsp3) is 0.308. The first-order valence-electron chi connectivity index (χ1n) is 5.83. The average Bonchev–Trinajstić information content (AvgIpc) is 2.87. The zero-order valence-electron chi connectivity index (χ0n) is 9.94. The maximum absolute atomic E-state index is 5.25. The molecule has 2 rings (SSSR count). The van der Waals surface area contributed by atoms with Gasteiger partial charge >= 0.3 is 0 Å². The second-order valence-electron chi connectivity index (χ2n) is 3.82. The van der Waals surface area contributed by atoms with Crippen LogP contribution in [0.4, 0.5) is 11.4 Å². The molecule has 0 unspecified atom stereocenters. The molecule has 0 aliphatic heterocycles. The molecule has 0 amide bonds. The molecule has 2 aromatic heterocycles. The molecule has 0 atom stereocenters. The fourth-order valence-electron chi connectivity index (χ4n) is 1.50. The fourth-order valence-corrected chi connectivity index (χ4v) is 1.50. The van der Waals surface area contributed by atoms with Crippen molar-refractivity contribution in [2.45, 2.75) is 19.9 Å². The molecule has 0 radical (unpaired) electrons. The van der Waals surface area contributed by atoms with Crippen LogP contribution in [0.25, 0.3) is 0 Å². The minimum Gasteiger partial charge on any atom is -0.467 e. The molecule has 0 spiro atoms. The van der Waals surface area contributed by atoms with Crippen molar-refractivity contribution in [2.75, 3.05) is 17.2 Å². The molecule has 2 N–H and O–H groups in total. The highest BCUT2D eigenvalue weighted by Crippen LogP contribution is 2.14. The second kappa shape index (κ2) is 5.94. The first kappa shape index (κ1) is 11.5. The van der Waals surface area contributed by atoms with E-state index in [1.807, 2.05) is 24.4 Å². The first-order chi connectivity index (χ1) is 8.38. The number of pyridine rings is 1. The van der Waals surface area contributed by atoms with Crippen LogP contribution >= 0.6 is 0 Å². The third-order valence-corrected chi connectivity index (χ3v) is 2.36. The van der Waals surface area contributed by atoms with Crippen molar-refractivity contribution in [1.82, 2.24) is 4.98 Å². The topological polar surface area (TPSA) is 50.1 Å². The van der Waals surface area contributed by atoms with Crippen LogP contribution in [0.2, 0.25) is 0 Å². The van der Waals surface area contributed by atoms with E-state index in [1.54, 1.807) is 12.5 Å².